The van der Waals surface area contributed by atoms with Crippen LogP contribution >= 0.6 is 0 Å². The van der Waals surface area contributed by atoms with E-state index < -0.39 is 12.2 Å². The van der Waals surface area contributed by atoms with Crippen LogP contribution in [0.4, 0.5) is 5.69 Å². The maximum atomic E-state index is 9.97. The molecule has 0 aliphatic carbocycles. The van der Waals surface area contributed by atoms with Crippen molar-refractivity contribution in [3.63, 3.8) is 0 Å². The van der Waals surface area contributed by atoms with Crippen LogP contribution in [0.2, 0.25) is 0 Å². The van der Waals surface area contributed by atoms with Crippen LogP contribution in [0.3, 0.4) is 0 Å². The summed E-state index contributed by atoms with van der Waals surface area (Å²) >= 11 is 0. The number of aryl methyl sites for hydroxylation is 1. The lowest BCUT2D eigenvalue weighted by atomic mass is 9.97. The van der Waals surface area contributed by atoms with Crippen molar-refractivity contribution in [2.75, 3.05) is 19.3 Å². The van der Waals surface area contributed by atoms with E-state index in [1.807, 2.05) is 14.0 Å². The van der Waals surface area contributed by atoms with E-state index in [2.05, 4.69) is 5.32 Å². The van der Waals surface area contributed by atoms with E-state index in [0.29, 0.717) is 18.7 Å². The third kappa shape index (κ3) is 3.20. The first-order valence-electron chi connectivity index (χ1n) is 5.43. The Kier molecular flexibility index (Phi) is 4.73. The van der Waals surface area contributed by atoms with E-state index in [0.717, 1.165) is 11.1 Å². The fraction of sp³-hybridized carbons (Fsp3) is 0.500. The number of rotatable bonds is 5. The van der Waals surface area contributed by atoms with Crippen LogP contribution in [0.1, 0.15) is 23.7 Å². The van der Waals surface area contributed by atoms with Gasteiger partial charge in [-0.25, -0.2) is 0 Å². The maximum Gasteiger partial charge on any atom is 0.105 e. The fourth-order valence-electron chi connectivity index (χ4n) is 1.69. The first kappa shape index (κ1) is 13.0. The molecular weight excluding hydrogens is 204 g/mol. The summed E-state index contributed by atoms with van der Waals surface area (Å²) in [4.78, 5) is 0. The summed E-state index contributed by atoms with van der Waals surface area (Å²) in [6.07, 6.45) is -1.09. The number of hydrogen-bond acceptors (Lipinski definition) is 4. The Morgan fingerprint density at radius 2 is 2.06 bits per heavy atom. The van der Waals surface area contributed by atoms with Crippen LogP contribution in [0.25, 0.3) is 0 Å². The average Bonchev–Trinajstić information content (AvgIpc) is 2.25. The molecule has 0 spiro atoms. The Balaban J connectivity index is 2.75. The largest absolute Gasteiger partial charge is 0.399 e. The van der Waals surface area contributed by atoms with Crippen LogP contribution in [0.15, 0.2) is 18.2 Å². The highest BCUT2D eigenvalue weighted by Gasteiger charge is 2.19. The second-order valence-corrected chi connectivity index (χ2v) is 4.02. The summed E-state index contributed by atoms with van der Waals surface area (Å²) in [6.45, 7) is 2.55. The molecule has 0 radical (unpaired) electrons. The zero-order valence-corrected chi connectivity index (χ0v) is 9.77. The van der Waals surface area contributed by atoms with Crippen molar-refractivity contribution in [2.24, 2.45) is 0 Å². The van der Waals surface area contributed by atoms with Gasteiger partial charge in [-0.05, 0) is 50.2 Å². The quantitative estimate of drug-likeness (QED) is 0.552. The lowest BCUT2D eigenvalue weighted by Gasteiger charge is -2.20. The Bertz CT molecular complexity index is 342. The van der Waals surface area contributed by atoms with E-state index >= 15 is 0 Å². The Morgan fingerprint density at radius 3 is 2.62 bits per heavy atom. The molecule has 0 heterocycles. The number of aliphatic hydroxyl groups is 2. The number of anilines is 1. The second kappa shape index (κ2) is 5.84. The SMILES string of the molecule is CNCCC(O)C(O)c1ccc(N)cc1C. The Labute approximate surface area is 96.1 Å². The predicted octanol–water partition coefficient (Wildman–Crippen LogP) is 0.581. The minimum Gasteiger partial charge on any atom is -0.399 e. The molecule has 0 saturated heterocycles. The standard InChI is InChI=1S/C12H20N2O2/c1-8-7-9(13)3-4-10(8)12(16)11(15)5-6-14-2/h3-4,7,11-12,14-16H,5-6,13H2,1-2H3. The molecule has 0 amide bonds. The minimum absolute atomic E-state index is 0.515. The van der Waals surface area contributed by atoms with Gasteiger partial charge in [0.15, 0.2) is 0 Å². The molecule has 1 aromatic carbocycles. The Morgan fingerprint density at radius 1 is 1.38 bits per heavy atom. The van der Waals surface area contributed by atoms with Gasteiger partial charge in [0.2, 0.25) is 0 Å². The molecule has 0 fully saturated rings. The maximum absolute atomic E-state index is 9.97. The van der Waals surface area contributed by atoms with Crippen LogP contribution in [0.5, 0.6) is 0 Å². The molecule has 0 aromatic heterocycles. The van der Waals surface area contributed by atoms with Gasteiger partial charge in [0, 0.05) is 5.69 Å². The highest BCUT2D eigenvalue weighted by Crippen LogP contribution is 2.23. The third-order valence-corrected chi connectivity index (χ3v) is 2.67. The molecule has 0 aliphatic rings. The van der Waals surface area contributed by atoms with E-state index in [4.69, 9.17) is 5.73 Å². The van der Waals surface area contributed by atoms with E-state index in [-0.39, 0.29) is 0 Å². The first-order valence-corrected chi connectivity index (χ1v) is 5.43. The molecule has 16 heavy (non-hydrogen) atoms. The molecule has 1 rings (SSSR count). The van der Waals surface area contributed by atoms with Gasteiger partial charge in [-0.1, -0.05) is 6.07 Å². The number of hydrogen-bond donors (Lipinski definition) is 4. The van der Waals surface area contributed by atoms with Crippen LogP contribution in [-0.2, 0) is 0 Å². The highest BCUT2D eigenvalue weighted by atomic mass is 16.3. The molecule has 2 atom stereocenters. The van der Waals surface area contributed by atoms with Gasteiger partial charge < -0.3 is 21.3 Å². The number of aliphatic hydroxyl groups excluding tert-OH is 2. The summed E-state index contributed by atoms with van der Waals surface area (Å²) < 4.78 is 0. The molecule has 4 heteroatoms. The van der Waals surface area contributed by atoms with Crippen LogP contribution < -0.4 is 11.1 Å². The third-order valence-electron chi connectivity index (χ3n) is 2.67. The Hall–Kier alpha value is -1.10. The average molecular weight is 224 g/mol. The number of nitrogens with one attached hydrogen (secondary N) is 1. The van der Waals surface area contributed by atoms with Gasteiger partial charge in [-0.15, -0.1) is 0 Å². The van der Waals surface area contributed by atoms with Gasteiger partial charge in [-0.2, -0.15) is 0 Å². The van der Waals surface area contributed by atoms with Crippen molar-refractivity contribution in [1.82, 2.24) is 5.32 Å². The number of nitrogens with two attached hydrogens (primary N) is 1. The second-order valence-electron chi connectivity index (χ2n) is 4.02. The molecule has 1 aromatic rings. The van der Waals surface area contributed by atoms with Gasteiger partial charge in [0.25, 0.3) is 0 Å². The van der Waals surface area contributed by atoms with Gasteiger partial charge in [-0.3, -0.25) is 0 Å². The fourth-order valence-corrected chi connectivity index (χ4v) is 1.69. The van der Waals surface area contributed by atoms with Crippen molar-refractivity contribution >= 4 is 5.69 Å². The zero-order chi connectivity index (χ0) is 12.1. The van der Waals surface area contributed by atoms with E-state index in [1.165, 1.54) is 0 Å². The van der Waals surface area contributed by atoms with Gasteiger partial charge in [0.1, 0.15) is 6.10 Å². The van der Waals surface area contributed by atoms with Crippen molar-refractivity contribution in [3.8, 4) is 0 Å². The molecule has 90 valence electrons. The van der Waals surface area contributed by atoms with E-state index in [1.54, 1.807) is 18.2 Å². The molecule has 2 unspecified atom stereocenters. The molecule has 4 nitrogen and oxygen atoms in total. The van der Waals surface area contributed by atoms with Crippen molar-refractivity contribution < 1.29 is 10.2 Å². The molecule has 5 N–H and O–H groups in total. The summed E-state index contributed by atoms with van der Waals surface area (Å²) in [5, 5.41) is 22.7. The summed E-state index contributed by atoms with van der Waals surface area (Å²) in [5.41, 5.74) is 7.93. The lowest BCUT2D eigenvalue weighted by Crippen LogP contribution is -2.23. The van der Waals surface area contributed by atoms with Crippen molar-refractivity contribution in [1.29, 1.82) is 0 Å². The lowest BCUT2D eigenvalue weighted by molar-refractivity contribution is 0.0137. The molecule has 0 saturated carbocycles. The van der Waals surface area contributed by atoms with Crippen molar-refractivity contribution in [2.45, 2.75) is 25.6 Å². The minimum atomic E-state index is -0.853. The van der Waals surface area contributed by atoms with Crippen molar-refractivity contribution in [3.05, 3.63) is 29.3 Å². The molecule has 0 bridgehead atoms. The highest BCUT2D eigenvalue weighted by molar-refractivity contribution is 5.45. The van der Waals surface area contributed by atoms with Crippen LogP contribution in [0, 0.1) is 6.92 Å². The summed E-state index contributed by atoms with van der Waals surface area (Å²) in [6, 6.07) is 5.29. The normalized spacial score (nSPS) is 14.8. The molecule has 0 aliphatic heterocycles. The van der Waals surface area contributed by atoms with Crippen LogP contribution in [-0.4, -0.2) is 29.9 Å². The number of nitrogen functional groups attached to an aromatic ring is 1. The van der Waals surface area contributed by atoms with E-state index in [9.17, 15) is 10.2 Å². The topological polar surface area (TPSA) is 78.5 Å². The monoisotopic (exact) mass is 224 g/mol. The first-order chi connectivity index (χ1) is 7.56. The smallest absolute Gasteiger partial charge is 0.105 e. The number of benzene rings is 1. The summed E-state index contributed by atoms with van der Waals surface area (Å²) in [7, 11) is 1.81. The zero-order valence-electron chi connectivity index (χ0n) is 9.77. The predicted molar refractivity (Wildman–Crippen MR) is 65.1 cm³/mol. The summed E-state index contributed by atoms with van der Waals surface area (Å²) in [5.74, 6) is 0. The van der Waals surface area contributed by atoms with Gasteiger partial charge >= 0.3 is 0 Å². The molecular formula is C12H20N2O2. The van der Waals surface area contributed by atoms with Gasteiger partial charge in [0.05, 0.1) is 6.10 Å².